The minimum absolute atomic E-state index is 0.00299. The second kappa shape index (κ2) is 6.90. The monoisotopic (exact) mass is 333 g/mol. The van der Waals surface area contributed by atoms with Crippen LogP contribution in [0.1, 0.15) is 36.2 Å². The van der Waals surface area contributed by atoms with Crippen LogP contribution in [-0.4, -0.2) is 39.6 Å². The van der Waals surface area contributed by atoms with Gasteiger partial charge in [0, 0.05) is 23.9 Å². The van der Waals surface area contributed by atoms with Gasteiger partial charge in [0.05, 0.1) is 12.1 Å². The first-order valence-electron chi connectivity index (χ1n) is 7.71. The van der Waals surface area contributed by atoms with Crippen LogP contribution < -0.4 is 5.32 Å². The van der Waals surface area contributed by atoms with Gasteiger partial charge in [-0.15, -0.1) is 0 Å². The van der Waals surface area contributed by atoms with Crippen molar-refractivity contribution in [1.82, 2.24) is 15.1 Å². The normalized spacial score (nSPS) is 16.4. The minimum Gasteiger partial charge on any atom is -0.396 e. The fourth-order valence-corrected chi connectivity index (χ4v) is 2.80. The predicted octanol–water partition coefficient (Wildman–Crippen LogP) is 1.88. The smallest absolute Gasteiger partial charge is 0.396 e. The highest BCUT2D eigenvalue weighted by molar-refractivity contribution is 5.79. The van der Waals surface area contributed by atoms with E-state index in [1.54, 1.807) is 13.8 Å². The quantitative estimate of drug-likeness (QED) is 0.801. The Hall–Kier alpha value is -1.57. The summed E-state index contributed by atoms with van der Waals surface area (Å²) in [6.07, 6.45) is -1.77. The molecular formula is C15H22F3N3O2. The van der Waals surface area contributed by atoms with Crippen molar-refractivity contribution in [3.05, 3.63) is 17.0 Å². The highest BCUT2D eigenvalue weighted by Crippen LogP contribution is 2.34. The van der Waals surface area contributed by atoms with Gasteiger partial charge >= 0.3 is 6.18 Å². The molecule has 1 atom stereocenters. The predicted molar refractivity (Wildman–Crippen MR) is 77.8 cm³/mol. The zero-order chi connectivity index (χ0) is 17.2. The summed E-state index contributed by atoms with van der Waals surface area (Å²) in [6, 6.07) is -0.0571. The molecule has 1 aliphatic carbocycles. The van der Waals surface area contributed by atoms with Crippen LogP contribution in [0.2, 0.25) is 0 Å². The van der Waals surface area contributed by atoms with Crippen molar-refractivity contribution in [3.8, 4) is 0 Å². The van der Waals surface area contributed by atoms with Gasteiger partial charge in [-0.25, -0.2) is 0 Å². The van der Waals surface area contributed by atoms with E-state index in [4.69, 9.17) is 5.11 Å². The summed E-state index contributed by atoms with van der Waals surface area (Å²) >= 11 is 0. The Morgan fingerprint density at radius 3 is 2.61 bits per heavy atom. The SMILES string of the molecule is Cc1nn(CC(F)(F)F)c(C)c1CC(=O)NC(CCO)C1CC1. The van der Waals surface area contributed by atoms with E-state index in [0.717, 1.165) is 17.5 Å². The number of rotatable bonds is 7. The summed E-state index contributed by atoms with van der Waals surface area (Å²) in [5, 5.41) is 15.8. The van der Waals surface area contributed by atoms with Crippen LogP contribution in [0, 0.1) is 19.8 Å². The van der Waals surface area contributed by atoms with E-state index >= 15 is 0 Å². The number of amides is 1. The molecule has 1 aromatic rings. The third kappa shape index (κ3) is 4.95. The number of nitrogens with one attached hydrogen (secondary N) is 1. The highest BCUT2D eigenvalue weighted by Gasteiger charge is 2.33. The second-order valence-corrected chi connectivity index (χ2v) is 6.12. The Labute approximate surface area is 132 Å². The molecule has 1 aliphatic rings. The summed E-state index contributed by atoms with van der Waals surface area (Å²) in [5.41, 5.74) is 1.33. The Balaban J connectivity index is 2.02. The van der Waals surface area contributed by atoms with Crippen molar-refractivity contribution in [2.45, 2.75) is 58.3 Å². The maximum Gasteiger partial charge on any atom is 0.408 e. The number of aromatic nitrogens is 2. The topological polar surface area (TPSA) is 67.2 Å². The molecule has 5 nitrogen and oxygen atoms in total. The molecule has 1 heterocycles. The van der Waals surface area contributed by atoms with E-state index in [-0.39, 0.29) is 25.0 Å². The molecule has 2 rings (SSSR count). The Bertz CT molecular complexity index is 565. The molecule has 8 heteroatoms. The van der Waals surface area contributed by atoms with Crippen molar-refractivity contribution in [2.75, 3.05) is 6.61 Å². The molecule has 1 saturated carbocycles. The average molecular weight is 333 g/mol. The van der Waals surface area contributed by atoms with E-state index in [1.165, 1.54) is 0 Å². The van der Waals surface area contributed by atoms with Gasteiger partial charge < -0.3 is 10.4 Å². The van der Waals surface area contributed by atoms with Crippen LogP contribution in [0.4, 0.5) is 13.2 Å². The number of hydrogen-bond donors (Lipinski definition) is 2. The zero-order valence-electron chi connectivity index (χ0n) is 13.3. The molecule has 0 spiro atoms. The molecule has 0 aromatic carbocycles. The lowest BCUT2D eigenvalue weighted by molar-refractivity contribution is -0.143. The van der Waals surface area contributed by atoms with Gasteiger partial charge in [0.25, 0.3) is 0 Å². The van der Waals surface area contributed by atoms with Gasteiger partial charge in [0.1, 0.15) is 6.54 Å². The van der Waals surface area contributed by atoms with Crippen LogP contribution >= 0.6 is 0 Å². The lowest BCUT2D eigenvalue weighted by Gasteiger charge is -2.17. The van der Waals surface area contributed by atoms with Crippen LogP contribution in [0.15, 0.2) is 0 Å². The first-order valence-corrected chi connectivity index (χ1v) is 7.71. The van der Waals surface area contributed by atoms with E-state index in [9.17, 15) is 18.0 Å². The number of carbonyl (C=O) groups excluding carboxylic acids is 1. The summed E-state index contributed by atoms with van der Waals surface area (Å²) in [7, 11) is 0. The molecule has 0 radical (unpaired) electrons. The van der Waals surface area contributed by atoms with Crippen molar-refractivity contribution in [3.63, 3.8) is 0 Å². The van der Waals surface area contributed by atoms with Gasteiger partial charge in [0.15, 0.2) is 0 Å². The molecule has 1 amide bonds. The van der Waals surface area contributed by atoms with Crippen molar-refractivity contribution in [2.24, 2.45) is 5.92 Å². The maximum atomic E-state index is 12.5. The molecule has 0 saturated heterocycles. The van der Waals surface area contributed by atoms with Crippen molar-refractivity contribution in [1.29, 1.82) is 0 Å². The summed E-state index contributed by atoms with van der Waals surface area (Å²) < 4.78 is 38.4. The molecule has 1 fully saturated rings. The molecule has 2 N–H and O–H groups in total. The summed E-state index contributed by atoms with van der Waals surface area (Å²) in [5.74, 6) is 0.161. The van der Waals surface area contributed by atoms with E-state index in [1.807, 2.05) is 0 Å². The standard InChI is InChI=1S/C15H22F3N3O2/c1-9-12(10(2)21(20-9)8-15(16,17)18)7-14(23)19-13(5-6-22)11-3-4-11/h11,13,22H,3-8H2,1-2H3,(H,19,23). The average Bonchev–Trinajstić information content (AvgIpc) is 3.22. The third-order valence-corrected chi connectivity index (χ3v) is 4.18. The van der Waals surface area contributed by atoms with Crippen LogP contribution in [0.5, 0.6) is 0 Å². The second-order valence-electron chi connectivity index (χ2n) is 6.12. The van der Waals surface area contributed by atoms with E-state index in [2.05, 4.69) is 10.4 Å². The lowest BCUT2D eigenvalue weighted by Crippen LogP contribution is -2.38. The molecule has 23 heavy (non-hydrogen) atoms. The maximum absolute atomic E-state index is 12.5. The number of carbonyl (C=O) groups is 1. The van der Waals surface area contributed by atoms with Crippen molar-refractivity contribution >= 4 is 5.91 Å². The first kappa shape index (κ1) is 17.8. The number of aryl methyl sites for hydroxylation is 1. The first-order chi connectivity index (χ1) is 10.7. The highest BCUT2D eigenvalue weighted by atomic mass is 19.4. The molecule has 1 aromatic heterocycles. The number of halogens is 3. The van der Waals surface area contributed by atoms with Gasteiger partial charge in [-0.3, -0.25) is 9.48 Å². The van der Waals surface area contributed by atoms with Crippen LogP contribution in [0.25, 0.3) is 0 Å². The van der Waals surface area contributed by atoms with E-state index < -0.39 is 12.7 Å². The molecular weight excluding hydrogens is 311 g/mol. The fourth-order valence-electron chi connectivity index (χ4n) is 2.80. The van der Waals surface area contributed by atoms with Gasteiger partial charge in [-0.2, -0.15) is 18.3 Å². The van der Waals surface area contributed by atoms with Crippen molar-refractivity contribution < 1.29 is 23.1 Å². The van der Waals surface area contributed by atoms with Crippen LogP contribution in [0.3, 0.4) is 0 Å². The number of aliphatic hydroxyl groups excluding tert-OH is 1. The molecule has 130 valence electrons. The Kier molecular flexibility index (Phi) is 5.33. The van der Waals surface area contributed by atoms with Gasteiger partial charge in [0.2, 0.25) is 5.91 Å². The van der Waals surface area contributed by atoms with E-state index in [0.29, 0.717) is 29.3 Å². The number of nitrogens with zero attached hydrogens (tertiary/aromatic N) is 2. The molecule has 0 aliphatic heterocycles. The number of hydrogen-bond acceptors (Lipinski definition) is 3. The number of alkyl halides is 3. The van der Waals surface area contributed by atoms with Gasteiger partial charge in [-0.05, 0) is 39.0 Å². The Morgan fingerprint density at radius 1 is 1.43 bits per heavy atom. The summed E-state index contributed by atoms with van der Waals surface area (Å²) in [6.45, 7) is 1.99. The third-order valence-electron chi connectivity index (χ3n) is 4.18. The lowest BCUT2D eigenvalue weighted by atomic mass is 10.1. The minimum atomic E-state index is -4.35. The summed E-state index contributed by atoms with van der Waals surface area (Å²) in [4.78, 5) is 12.2. The molecule has 1 unspecified atom stereocenters. The van der Waals surface area contributed by atoms with Crippen LogP contribution in [-0.2, 0) is 17.8 Å². The molecule has 0 bridgehead atoms. The number of aliphatic hydroxyl groups is 1. The zero-order valence-corrected chi connectivity index (χ0v) is 13.3. The fraction of sp³-hybridized carbons (Fsp3) is 0.733. The van der Waals surface area contributed by atoms with Gasteiger partial charge in [-0.1, -0.05) is 0 Å². The largest absolute Gasteiger partial charge is 0.408 e. The Morgan fingerprint density at radius 2 is 2.09 bits per heavy atom.